The van der Waals surface area contributed by atoms with E-state index in [-0.39, 0.29) is 18.0 Å². The molecule has 15 heteroatoms. The van der Waals surface area contributed by atoms with Gasteiger partial charge in [0.05, 0.1) is 6.04 Å². The lowest BCUT2D eigenvalue weighted by molar-refractivity contribution is -0.147. The fraction of sp³-hybridized carbons (Fsp3) is 0.800. The minimum absolute atomic E-state index is 0.120. The molecule has 30 heavy (non-hydrogen) atoms. The van der Waals surface area contributed by atoms with E-state index in [9.17, 15) is 27.6 Å². The fourth-order valence-electron chi connectivity index (χ4n) is 2.01. The van der Waals surface area contributed by atoms with Crippen LogP contribution in [0.15, 0.2) is 0 Å². The van der Waals surface area contributed by atoms with Crippen LogP contribution in [0.25, 0.3) is 0 Å². The third-order valence-corrected chi connectivity index (χ3v) is 8.92. The number of halogens is 4. The first kappa shape index (κ1) is 31.0. The van der Waals surface area contributed by atoms with Crippen molar-refractivity contribution in [2.75, 3.05) is 27.2 Å². The summed E-state index contributed by atoms with van der Waals surface area (Å²) < 4.78 is 64.8. The first-order valence-electron chi connectivity index (χ1n) is 8.57. The predicted octanol–water partition coefficient (Wildman–Crippen LogP) is 3.06. The molecule has 0 aromatic heterocycles. The van der Waals surface area contributed by atoms with Gasteiger partial charge < -0.3 is 26.6 Å². The van der Waals surface area contributed by atoms with E-state index in [1.165, 1.54) is 21.3 Å². The molecule has 0 radical (unpaired) electrons. The number of carbonyl (C=O) groups is 3. The average molecular weight is 501 g/mol. The quantitative estimate of drug-likeness (QED) is 0.312. The summed E-state index contributed by atoms with van der Waals surface area (Å²) in [5, 5.41) is 0. The van der Waals surface area contributed by atoms with Crippen molar-refractivity contribution in [1.29, 1.82) is 0 Å². The van der Waals surface area contributed by atoms with Crippen LogP contribution in [0, 0.1) is 0 Å². The third kappa shape index (κ3) is 14.7. The van der Waals surface area contributed by atoms with Crippen LogP contribution in [0.3, 0.4) is 0 Å². The van der Waals surface area contributed by atoms with Gasteiger partial charge in [0.25, 0.3) is 17.9 Å². The second kappa shape index (κ2) is 14.7. The monoisotopic (exact) mass is 500 g/mol. The van der Waals surface area contributed by atoms with Crippen LogP contribution in [0.5, 0.6) is 0 Å². The standard InChI is InChI=1S/C9H15ClO6Si.C6H13F3O3Si/c1-7(11)14-17(6-4-5-10,15-8(2)12)16-9(3)13;1-10-13(11-2,12-3)5-4-6(7,8)9/h4-6H2,1-3H3;4-5H2,1-3H3. The van der Waals surface area contributed by atoms with Crippen molar-refractivity contribution in [3.05, 3.63) is 0 Å². The molecule has 0 aliphatic carbocycles. The van der Waals surface area contributed by atoms with Gasteiger partial charge in [-0.3, -0.25) is 14.4 Å². The summed E-state index contributed by atoms with van der Waals surface area (Å²) in [5.41, 5.74) is 0. The fourth-order valence-corrected chi connectivity index (χ4v) is 6.42. The third-order valence-electron chi connectivity index (χ3n) is 3.16. The van der Waals surface area contributed by atoms with Gasteiger partial charge in [-0.2, -0.15) is 13.2 Å². The van der Waals surface area contributed by atoms with Gasteiger partial charge >= 0.3 is 23.8 Å². The molecule has 0 amide bonds. The van der Waals surface area contributed by atoms with Crippen molar-refractivity contribution < 1.29 is 54.1 Å². The first-order chi connectivity index (χ1) is 13.7. The zero-order valence-corrected chi connectivity index (χ0v) is 20.5. The second-order valence-electron chi connectivity index (χ2n) is 5.67. The van der Waals surface area contributed by atoms with Crippen molar-refractivity contribution in [3.63, 3.8) is 0 Å². The van der Waals surface area contributed by atoms with Crippen molar-refractivity contribution in [3.8, 4) is 0 Å². The van der Waals surface area contributed by atoms with E-state index in [4.69, 9.17) is 38.2 Å². The Kier molecular flexibility index (Phi) is 15.2. The average Bonchev–Trinajstić information content (AvgIpc) is 2.59. The smallest absolute Gasteiger partial charge is 0.455 e. The molecule has 0 aliphatic heterocycles. The number of hydrogen-bond acceptors (Lipinski definition) is 9. The Bertz CT molecular complexity index is 497. The van der Waals surface area contributed by atoms with Gasteiger partial charge in [-0.15, -0.1) is 11.6 Å². The largest absolute Gasteiger partial charge is 0.705 e. The summed E-state index contributed by atoms with van der Waals surface area (Å²) in [7, 11) is -2.82. The lowest BCUT2D eigenvalue weighted by Gasteiger charge is -2.25. The molecule has 0 aliphatic rings. The van der Waals surface area contributed by atoms with Crippen LogP contribution in [0.4, 0.5) is 13.2 Å². The Morgan fingerprint density at radius 2 is 1.13 bits per heavy atom. The zero-order valence-electron chi connectivity index (χ0n) is 17.7. The first-order valence-corrected chi connectivity index (χ1v) is 13.0. The zero-order chi connectivity index (χ0) is 24.0. The molecule has 0 saturated heterocycles. The Balaban J connectivity index is 0. The Morgan fingerprint density at radius 3 is 1.37 bits per heavy atom. The van der Waals surface area contributed by atoms with Crippen LogP contribution in [0.2, 0.25) is 12.1 Å². The molecule has 0 fully saturated rings. The molecule has 0 saturated carbocycles. The van der Waals surface area contributed by atoms with Crippen LogP contribution < -0.4 is 0 Å². The summed E-state index contributed by atoms with van der Waals surface area (Å²) in [4.78, 5) is 32.9. The maximum Gasteiger partial charge on any atom is 0.705 e. The summed E-state index contributed by atoms with van der Waals surface area (Å²) in [5.74, 6) is -1.74. The minimum atomic E-state index is -4.20. The number of carbonyl (C=O) groups excluding carboxylic acids is 3. The van der Waals surface area contributed by atoms with Crippen LogP contribution in [-0.4, -0.2) is 68.9 Å². The van der Waals surface area contributed by atoms with Gasteiger partial charge in [0.1, 0.15) is 0 Å². The molecule has 0 atom stereocenters. The van der Waals surface area contributed by atoms with E-state index >= 15 is 0 Å². The molecule has 0 N–H and O–H groups in total. The predicted molar refractivity (Wildman–Crippen MR) is 103 cm³/mol. The van der Waals surface area contributed by atoms with Crippen LogP contribution >= 0.6 is 11.6 Å². The van der Waals surface area contributed by atoms with Crippen LogP contribution in [-0.2, 0) is 40.9 Å². The summed E-state index contributed by atoms with van der Waals surface area (Å²) in [6, 6.07) is -0.130. The molecule has 0 bridgehead atoms. The van der Waals surface area contributed by atoms with Gasteiger partial charge in [0.15, 0.2) is 0 Å². The van der Waals surface area contributed by atoms with Crippen molar-refractivity contribution in [2.45, 2.75) is 51.9 Å². The van der Waals surface area contributed by atoms with E-state index in [2.05, 4.69) is 0 Å². The lowest BCUT2D eigenvalue weighted by Crippen LogP contribution is -2.49. The maximum absolute atomic E-state index is 11.9. The normalized spacial score (nSPS) is 11.8. The molecule has 0 unspecified atom stereocenters. The molecule has 0 heterocycles. The van der Waals surface area contributed by atoms with Gasteiger partial charge in [-0.25, -0.2) is 0 Å². The Labute approximate surface area is 180 Å². The van der Waals surface area contributed by atoms with Crippen molar-refractivity contribution >= 4 is 47.1 Å². The second-order valence-corrected chi connectivity index (χ2v) is 11.6. The molecular formula is C15H28ClF3O9Si2. The van der Waals surface area contributed by atoms with Crippen LogP contribution in [0.1, 0.15) is 33.6 Å². The van der Waals surface area contributed by atoms with E-state index < -0.39 is 48.1 Å². The highest BCUT2D eigenvalue weighted by Gasteiger charge is 2.51. The highest BCUT2D eigenvalue weighted by Crippen LogP contribution is 2.26. The molecule has 0 spiro atoms. The van der Waals surface area contributed by atoms with E-state index in [0.29, 0.717) is 6.42 Å². The highest BCUT2D eigenvalue weighted by molar-refractivity contribution is 6.65. The van der Waals surface area contributed by atoms with E-state index in [1.54, 1.807) is 0 Å². The maximum atomic E-state index is 11.9. The molecule has 0 aromatic carbocycles. The number of rotatable bonds is 11. The Hall–Kier alpha value is -1.20. The number of hydrogen-bond donors (Lipinski definition) is 0. The van der Waals surface area contributed by atoms with Crippen molar-refractivity contribution in [2.24, 2.45) is 0 Å². The van der Waals surface area contributed by atoms with Gasteiger partial charge in [-0.1, -0.05) is 0 Å². The minimum Gasteiger partial charge on any atom is -0.455 e. The summed E-state index contributed by atoms with van der Waals surface area (Å²) in [6.07, 6.45) is -4.75. The molecule has 9 nitrogen and oxygen atoms in total. The summed E-state index contributed by atoms with van der Waals surface area (Å²) in [6.45, 7) is 3.44. The molecular weight excluding hydrogens is 473 g/mol. The number of alkyl halides is 4. The highest BCUT2D eigenvalue weighted by atomic mass is 35.5. The van der Waals surface area contributed by atoms with Gasteiger partial charge in [0.2, 0.25) is 0 Å². The van der Waals surface area contributed by atoms with Gasteiger partial charge in [0, 0.05) is 60.4 Å². The lowest BCUT2D eigenvalue weighted by atomic mass is 10.5. The Morgan fingerprint density at radius 1 is 0.767 bits per heavy atom. The van der Waals surface area contributed by atoms with Crippen molar-refractivity contribution in [1.82, 2.24) is 0 Å². The summed E-state index contributed by atoms with van der Waals surface area (Å²) >= 11 is 5.52. The van der Waals surface area contributed by atoms with Gasteiger partial charge in [-0.05, 0) is 6.42 Å². The van der Waals surface area contributed by atoms with E-state index in [0.717, 1.165) is 20.8 Å². The molecule has 0 rings (SSSR count). The topological polar surface area (TPSA) is 107 Å². The van der Waals surface area contributed by atoms with E-state index in [1.807, 2.05) is 0 Å². The SMILES string of the molecule is CC(=O)O[Si](CCCCl)(OC(C)=O)OC(C)=O.CO[Si](CCC(F)(F)F)(OC)OC. The molecule has 0 aromatic rings. The molecule has 178 valence electrons.